The van der Waals surface area contributed by atoms with Crippen LogP contribution >= 0.6 is 0 Å². The number of nitrogens with zero attached hydrogens (tertiary/aromatic N) is 3. The molecule has 2 aromatic heterocycles. The number of anilines is 1. The summed E-state index contributed by atoms with van der Waals surface area (Å²) in [4.78, 5) is 4.13. The summed E-state index contributed by atoms with van der Waals surface area (Å²) in [7, 11) is 1.93. The molecule has 0 saturated carbocycles. The Morgan fingerprint density at radius 3 is 2.53 bits per heavy atom. The fourth-order valence-electron chi connectivity index (χ4n) is 1.86. The standard InChI is InChI=1S/C13H18N4/c1-13(2,3)12-11(8-17(4)16-12)9-5-10(14)7-15-6-9/h5-8H,14H2,1-4H3. The lowest BCUT2D eigenvalue weighted by atomic mass is 9.88. The number of nitrogen functional groups attached to an aromatic ring is 1. The first-order chi connectivity index (χ1) is 7.88. The van der Waals surface area contributed by atoms with Gasteiger partial charge in [0.25, 0.3) is 0 Å². The molecule has 2 heterocycles. The molecule has 0 aliphatic heterocycles. The van der Waals surface area contributed by atoms with Crippen molar-refractivity contribution in [3.05, 3.63) is 30.4 Å². The molecular formula is C13H18N4. The SMILES string of the molecule is Cn1cc(-c2cncc(N)c2)c(C(C)(C)C)n1. The van der Waals surface area contributed by atoms with Crippen LogP contribution in [0.15, 0.2) is 24.7 Å². The number of hydrogen-bond donors (Lipinski definition) is 1. The van der Waals surface area contributed by atoms with Crippen molar-refractivity contribution in [2.75, 3.05) is 5.73 Å². The molecule has 0 saturated heterocycles. The predicted octanol–water partition coefficient (Wildman–Crippen LogP) is 2.36. The van der Waals surface area contributed by atoms with Crippen LogP contribution in [0.25, 0.3) is 11.1 Å². The highest BCUT2D eigenvalue weighted by Crippen LogP contribution is 2.31. The van der Waals surface area contributed by atoms with E-state index in [9.17, 15) is 0 Å². The van der Waals surface area contributed by atoms with Crippen LogP contribution < -0.4 is 5.73 Å². The first-order valence-electron chi connectivity index (χ1n) is 5.63. The van der Waals surface area contributed by atoms with Gasteiger partial charge < -0.3 is 5.73 Å². The fraction of sp³-hybridized carbons (Fsp3) is 0.385. The minimum atomic E-state index is 0.00119. The van der Waals surface area contributed by atoms with Gasteiger partial charge in [0.2, 0.25) is 0 Å². The number of hydrogen-bond acceptors (Lipinski definition) is 3. The van der Waals surface area contributed by atoms with Gasteiger partial charge in [-0.2, -0.15) is 5.10 Å². The van der Waals surface area contributed by atoms with Crippen LogP contribution in [0.2, 0.25) is 0 Å². The zero-order valence-corrected chi connectivity index (χ0v) is 10.7. The minimum Gasteiger partial charge on any atom is -0.397 e. The third-order valence-electron chi connectivity index (χ3n) is 2.61. The Bertz CT molecular complexity index is 535. The zero-order chi connectivity index (χ0) is 12.6. The molecule has 0 aromatic carbocycles. The van der Waals surface area contributed by atoms with E-state index in [1.807, 2.05) is 30.2 Å². The maximum absolute atomic E-state index is 5.77. The van der Waals surface area contributed by atoms with Gasteiger partial charge in [-0.15, -0.1) is 0 Å². The summed E-state index contributed by atoms with van der Waals surface area (Å²) in [6.45, 7) is 6.45. The molecule has 0 fully saturated rings. The largest absolute Gasteiger partial charge is 0.397 e. The molecule has 2 rings (SSSR count). The molecule has 4 nitrogen and oxygen atoms in total. The summed E-state index contributed by atoms with van der Waals surface area (Å²) in [5.41, 5.74) is 9.62. The maximum Gasteiger partial charge on any atom is 0.0756 e. The highest BCUT2D eigenvalue weighted by molar-refractivity contribution is 5.68. The Hall–Kier alpha value is -1.84. The van der Waals surface area contributed by atoms with E-state index >= 15 is 0 Å². The maximum atomic E-state index is 5.77. The van der Waals surface area contributed by atoms with Crippen molar-refractivity contribution in [3.63, 3.8) is 0 Å². The smallest absolute Gasteiger partial charge is 0.0756 e. The van der Waals surface area contributed by atoms with Gasteiger partial charge in [0.05, 0.1) is 11.4 Å². The van der Waals surface area contributed by atoms with Gasteiger partial charge in [0.15, 0.2) is 0 Å². The van der Waals surface area contributed by atoms with Crippen LogP contribution in [0.1, 0.15) is 26.5 Å². The zero-order valence-electron chi connectivity index (χ0n) is 10.7. The van der Waals surface area contributed by atoms with Gasteiger partial charge in [-0.25, -0.2) is 0 Å². The van der Waals surface area contributed by atoms with E-state index in [0.717, 1.165) is 16.8 Å². The molecule has 0 unspecified atom stereocenters. The number of pyridine rings is 1. The summed E-state index contributed by atoms with van der Waals surface area (Å²) < 4.78 is 1.83. The van der Waals surface area contributed by atoms with E-state index in [2.05, 4.69) is 30.9 Å². The first-order valence-corrected chi connectivity index (χ1v) is 5.63. The van der Waals surface area contributed by atoms with E-state index in [0.29, 0.717) is 5.69 Å². The quantitative estimate of drug-likeness (QED) is 0.818. The Morgan fingerprint density at radius 1 is 1.24 bits per heavy atom. The molecule has 2 aromatic rings. The van der Waals surface area contributed by atoms with E-state index in [1.165, 1.54) is 0 Å². The second-order valence-electron chi connectivity index (χ2n) is 5.32. The van der Waals surface area contributed by atoms with Gasteiger partial charge in [0.1, 0.15) is 0 Å². The van der Waals surface area contributed by atoms with Crippen molar-refractivity contribution in [1.29, 1.82) is 0 Å². The number of aryl methyl sites for hydroxylation is 1. The molecule has 0 aliphatic carbocycles. The lowest BCUT2D eigenvalue weighted by Gasteiger charge is -2.17. The van der Waals surface area contributed by atoms with Crippen LogP contribution in [-0.4, -0.2) is 14.8 Å². The Kier molecular flexibility index (Phi) is 2.65. The second-order valence-corrected chi connectivity index (χ2v) is 5.32. The van der Waals surface area contributed by atoms with Crippen LogP contribution in [0.3, 0.4) is 0 Å². The average Bonchev–Trinajstić information content (AvgIpc) is 2.60. The van der Waals surface area contributed by atoms with Crippen LogP contribution in [0, 0.1) is 0 Å². The normalized spacial score (nSPS) is 11.8. The van der Waals surface area contributed by atoms with E-state index in [4.69, 9.17) is 5.73 Å². The number of rotatable bonds is 1. The topological polar surface area (TPSA) is 56.7 Å². The highest BCUT2D eigenvalue weighted by atomic mass is 15.3. The lowest BCUT2D eigenvalue weighted by Crippen LogP contribution is -2.13. The number of nitrogens with two attached hydrogens (primary N) is 1. The lowest BCUT2D eigenvalue weighted by molar-refractivity contribution is 0.554. The molecule has 0 atom stereocenters. The Balaban J connectivity index is 2.60. The average molecular weight is 230 g/mol. The summed E-state index contributed by atoms with van der Waals surface area (Å²) in [6.07, 6.45) is 5.48. The molecule has 17 heavy (non-hydrogen) atoms. The Morgan fingerprint density at radius 2 is 1.94 bits per heavy atom. The molecule has 90 valence electrons. The molecule has 0 spiro atoms. The monoisotopic (exact) mass is 230 g/mol. The van der Waals surface area contributed by atoms with Crippen LogP contribution in [0.4, 0.5) is 5.69 Å². The Labute approximate surface area is 101 Å². The highest BCUT2D eigenvalue weighted by Gasteiger charge is 2.22. The molecule has 0 aliphatic rings. The summed E-state index contributed by atoms with van der Waals surface area (Å²) in [5.74, 6) is 0. The van der Waals surface area contributed by atoms with Gasteiger partial charge in [0, 0.05) is 42.2 Å². The molecule has 2 N–H and O–H groups in total. The molecular weight excluding hydrogens is 212 g/mol. The van der Waals surface area contributed by atoms with Crippen LogP contribution in [0.5, 0.6) is 0 Å². The first kappa shape index (κ1) is 11.6. The molecule has 0 radical (unpaired) electrons. The van der Waals surface area contributed by atoms with Gasteiger partial charge in [-0.1, -0.05) is 20.8 Å². The van der Waals surface area contributed by atoms with E-state index < -0.39 is 0 Å². The van der Waals surface area contributed by atoms with Crippen molar-refractivity contribution >= 4 is 5.69 Å². The van der Waals surface area contributed by atoms with Crippen molar-refractivity contribution in [3.8, 4) is 11.1 Å². The van der Waals surface area contributed by atoms with Gasteiger partial charge in [-0.05, 0) is 6.07 Å². The molecule has 0 bridgehead atoms. The van der Waals surface area contributed by atoms with Gasteiger partial charge >= 0.3 is 0 Å². The van der Waals surface area contributed by atoms with Crippen molar-refractivity contribution in [2.45, 2.75) is 26.2 Å². The molecule has 4 heteroatoms. The summed E-state index contributed by atoms with van der Waals surface area (Å²) in [5, 5.41) is 4.54. The van der Waals surface area contributed by atoms with E-state index in [1.54, 1.807) is 6.20 Å². The summed E-state index contributed by atoms with van der Waals surface area (Å²) >= 11 is 0. The van der Waals surface area contributed by atoms with Crippen LogP contribution in [-0.2, 0) is 12.5 Å². The second kappa shape index (κ2) is 3.87. The fourth-order valence-corrected chi connectivity index (χ4v) is 1.86. The van der Waals surface area contributed by atoms with Crippen molar-refractivity contribution < 1.29 is 0 Å². The minimum absolute atomic E-state index is 0.00119. The van der Waals surface area contributed by atoms with Gasteiger partial charge in [-0.3, -0.25) is 9.67 Å². The number of aromatic nitrogens is 3. The third-order valence-corrected chi connectivity index (χ3v) is 2.61. The third kappa shape index (κ3) is 2.30. The van der Waals surface area contributed by atoms with Crippen molar-refractivity contribution in [1.82, 2.24) is 14.8 Å². The van der Waals surface area contributed by atoms with Crippen molar-refractivity contribution in [2.24, 2.45) is 7.05 Å². The van der Waals surface area contributed by atoms with E-state index in [-0.39, 0.29) is 5.41 Å². The summed E-state index contributed by atoms with van der Waals surface area (Å²) in [6, 6.07) is 1.93. The molecule has 0 amide bonds. The predicted molar refractivity (Wildman–Crippen MR) is 69.6 cm³/mol.